The van der Waals surface area contributed by atoms with Gasteiger partial charge in [0.25, 0.3) is 0 Å². The Labute approximate surface area is 136 Å². The van der Waals surface area contributed by atoms with Gasteiger partial charge in [0.15, 0.2) is 0 Å². The minimum Gasteiger partial charge on any atom is -0.343 e. The second kappa shape index (κ2) is 8.61. The highest BCUT2D eigenvalue weighted by Crippen LogP contribution is 2.17. The van der Waals surface area contributed by atoms with Gasteiger partial charge in [0.05, 0.1) is 19.8 Å². The topological polar surface area (TPSA) is 33.5 Å². The van der Waals surface area contributed by atoms with Gasteiger partial charge >= 0.3 is 0 Å². The van der Waals surface area contributed by atoms with E-state index in [0.717, 1.165) is 17.0 Å². The number of amides is 1. The summed E-state index contributed by atoms with van der Waals surface area (Å²) in [6.45, 7) is 0.867. The Hall–Kier alpha value is -1.78. The molecule has 0 radical (unpaired) electrons. The third-order valence-electron chi connectivity index (χ3n) is 3.26. The monoisotopic (exact) mass is 315 g/mol. The van der Waals surface area contributed by atoms with Crippen molar-refractivity contribution in [2.24, 2.45) is 0 Å². The lowest BCUT2D eigenvalue weighted by Crippen LogP contribution is -3.06. The average Bonchev–Trinajstić information content (AvgIpc) is 2.54. The number of hydrogen-bond acceptors (Lipinski definition) is 2. The molecule has 0 saturated carbocycles. The molecule has 0 heterocycles. The zero-order valence-corrected chi connectivity index (χ0v) is 13.9. The number of rotatable bonds is 7. The van der Waals surface area contributed by atoms with E-state index in [-0.39, 0.29) is 11.9 Å². The maximum atomic E-state index is 12.2. The summed E-state index contributed by atoms with van der Waals surface area (Å²) in [7, 11) is 4.20. The molecule has 0 fully saturated rings. The third kappa shape index (κ3) is 5.54. The summed E-state index contributed by atoms with van der Waals surface area (Å²) in [6, 6.07) is 20.2. The largest absolute Gasteiger partial charge is 0.343 e. The lowest BCUT2D eigenvalue weighted by Gasteiger charge is -2.20. The molecule has 116 valence electrons. The summed E-state index contributed by atoms with van der Waals surface area (Å²) in [5, 5.41) is 3.15. The van der Waals surface area contributed by atoms with Crippen LogP contribution >= 0.6 is 11.8 Å². The molecule has 0 aromatic heterocycles. The molecule has 1 atom stereocenters. The van der Waals surface area contributed by atoms with Crippen LogP contribution in [0.1, 0.15) is 11.6 Å². The Bertz CT molecular complexity index is 572. The Morgan fingerprint density at radius 3 is 2.23 bits per heavy atom. The molecule has 4 heteroatoms. The molecule has 0 aliphatic heterocycles. The smallest absolute Gasteiger partial charge is 0.231 e. The van der Waals surface area contributed by atoms with E-state index in [2.05, 4.69) is 31.5 Å². The van der Waals surface area contributed by atoms with E-state index in [1.54, 1.807) is 11.8 Å². The Balaban J connectivity index is 1.93. The molecule has 2 aromatic rings. The highest BCUT2D eigenvalue weighted by atomic mass is 32.2. The van der Waals surface area contributed by atoms with Crippen molar-refractivity contribution in [1.82, 2.24) is 5.32 Å². The summed E-state index contributed by atoms with van der Waals surface area (Å²) >= 11 is 1.57. The van der Waals surface area contributed by atoms with Crippen LogP contribution in [0.5, 0.6) is 0 Å². The summed E-state index contributed by atoms with van der Waals surface area (Å²) in [6.07, 6.45) is 0. The van der Waals surface area contributed by atoms with Crippen LogP contribution in [0.2, 0.25) is 0 Å². The van der Waals surface area contributed by atoms with E-state index >= 15 is 0 Å². The maximum Gasteiger partial charge on any atom is 0.231 e. The first kappa shape index (κ1) is 16.6. The molecule has 3 nitrogen and oxygen atoms in total. The van der Waals surface area contributed by atoms with Crippen molar-refractivity contribution >= 4 is 17.7 Å². The number of quaternary nitrogens is 1. The van der Waals surface area contributed by atoms with Crippen LogP contribution in [0.25, 0.3) is 0 Å². The molecule has 0 saturated heterocycles. The summed E-state index contributed by atoms with van der Waals surface area (Å²) in [5.41, 5.74) is 1.15. The molecule has 0 aliphatic rings. The first-order chi connectivity index (χ1) is 10.6. The standard InChI is InChI=1S/C18H22N2OS/c1-20(2)13-17(15-9-5-3-6-10-15)19-18(21)14-22-16-11-7-4-8-12-16/h3-12,17H,13-14H2,1-2H3,(H,19,21)/p+1/t17-/m0/s1. The van der Waals surface area contributed by atoms with Crippen LogP contribution < -0.4 is 10.2 Å². The van der Waals surface area contributed by atoms with Crippen LogP contribution in [0.3, 0.4) is 0 Å². The van der Waals surface area contributed by atoms with Gasteiger partial charge in [-0.2, -0.15) is 0 Å². The fourth-order valence-corrected chi connectivity index (χ4v) is 2.98. The van der Waals surface area contributed by atoms with E-state index in [9.17, 15) is 4.79 Å². The molecular formula is C18H23N2OS+. The summed E-state index contributed by atoms with van der Waals surface area (Å²) < 4.78 is 0. The molecule has 2 N–H and O–H groups in total. The van der Waals surface area contributed by atoms with Gasteiger partial charge in [-0.05, 0) is 17.7 Å². The highest BCUT2D eigenvalue weighted by molar-refractivity contribution is 8.00. The van der Waals surface area contributed by atoms with Crippen molar-refractivity contribution in [3.05, 3.63) is 66.2 Å². The number of carbonyl (C=O) groups excluding carboxylic acids is 1. The lowest BCUT2D eigenvalue weighted by molar-refractivity contribution is -0.860. The predicted octanol–water partition coefficient (Wildman–Crippen LogP) is 1.78. The van der Waals surface area contributed by atoms with E-state index in [1.165, 1.54) is 4.90 Å². The minimum absolute atomic E-state index is 0.0510. The zero-order valence-electron chi connectivity index (χ0n) is 13.1. The zero-order chi connectivity index (χ0) is 15.8. The quantitative estimate of drug-likeness (QED) is 0.764. The van der Waals surface area contributed by atoms with Gasteiger partial charge in [0.2, 0.25) is 5.91 Å². The average molecular weight is 315 g/mol. The van der Waals surface area contributed by atoms with Gasteiger partial charge in [-0.25, -0.2) is 0 Å². The van der Waals surface area contributed by atoms with E-state index in [1.807, 2.05) is 48.5 Å². The summed E-state index contributed by atoms with van der Waals surface area (Å²) in [5.74, 6) is 0.514. The molecule has 0 bridgehead atoms. The molecule has 22 heavy (non-hydrogen) atoms. The van der Waals surface area contributed by atoms with Gasteiger partial charge in [0, 0.05) is 4.90 Å². The number of likely N-dealkylation sites (N-methyl/N-ethyl adjacent to an activating group) is 1. The lowest BCUT2D eigenvalue weighted by atomic mass is 10.1. The summed E-state index contributed by atoms with van der Waals surface area (Å²) in [4.78, 5) is 14.7. The van der Waals surface area contributed by atoms with Crippen LogP contribution in [0.4, 0.5) is 0 Å². The number of benzene rings is 2. The highest BCUT2D eigenvalue weighted by Gasteiger charge is 2.17. The van der Waals surface area contributed by atoms with Crippen LogP contribution in [0, 0.1) is 0 Å². The number of hydrogen-bond donors (Lipinski definition) is 2. The van der Waals surface area contributed by atoms with Gasteiger partial charge in [-0.15, -0.1) is 11.8 Å². The number of thioether (sulfide) groups is 1. The van der Waals surface area contributed by atoms with Crippen LogP contribution in [-0.4, -0.2) is 32.3 Å². The molecule has 0 aliphatic carbocycles. The van der Waals surface area contributed by atoms with E-state index in [0.29, 0.717) is 5.75 Å². The minimum atomic E-state index is 0.0510. The first-order valence-electron chi connectivity index (χ1n) is 7.46. The fraction of sp³-hybridized carbons (Fsp3) is 0.278. The van der Waals surface area contributed by atoms with Crippen molar-refractivity contribution in [2.45, 2.75) is 10.9 Å². The molecule has 2 rings (SSSR count). The Morgan fingerprint density at radius 1 is 1.05 bits per heavy atom. The SMILES string of the molecule is C[NH+](C)C[C@H](NC(=O)CSc1ccccc1)c1ccccc1. The molecule has 1 amide bonds. The second-order valence-corrected chi connectivity index (χ2v) is 6.59. The normalized spacial score (nSPS) is 12.1. The molecule has 0 unspecified atom stereocenters. The van der Waals surface area contributed by atoms with Gasteiger partial charge < -0.3 is 10.2 Å². The third-order valence-corrected chi connectivity index (χ3v) is 4.27. The molecule has 2 aromatic carbocycles. The Morgan fingerprint density at radius 2 is 1.64 bits per heavy atom. The second-order valence-electron chi connectivity index (χ2n) is 5.54. The first-order valence-corrected chi connectivity index (χ1v) is 8.45. The van der Waals surface area contributed by atoms with Crippen LogP contribution in [-0.2, 0) is 4.79 Å². The molecular weight excluding hydrogens is 292 g/mol. The number of carbonyl (C=O) groups is 1. The predicted molar refractivity (Wildman–Crippen MR) is 92.2 cm³/mol. The fourth-order valence-electron chi connectivity index (χ4n) is 2.25. The van der Waals surface area contributed by atoms with Crippen molar-refractivity contribution in [3.63, 3.8) is 0 Å². The van der Waals surface area contributed by atoms with Gasteiger partial charge in [-0.3, -0.25) is 4.79 Å². The van der Waals surface area contributed by atoms with Crippen molar-refractivity contribution in [3.8, 4) is 0 Å². The Kier molecular flexibility index (Phi) is 6.49. The molecule has 0 spiro atoms. The van der Waals surface area contributed by atoms with Crippen molar-refractivity contribution in [2.75, 3.05) is 26.4 Å². The van der Waals surface area contributed by atoms with E-state index in [4.69, 9.17) is 0 Å². The van der Waals surface area contributed by atoms with Gasteiger partial charge in [-0.1, -0.05) is 48.5 Å². The van der Waals surface area contributed by atoms with Crippen molar-refractivity contribution in [1.29, 1.82) is 0 Å². The number of nitrogens with one attached hydrogen (secondary N) is 2. The van der Waals surface area contributed by atoms with Crippen molar-refractivity contribution < 1.29 is 9.69 Å². The van der Waals surface area contributed by atoms with E-state index < -0.39 is 0 Å². The maximum absolute atomic E-state index is 12.2. The van der Waals surface area contributed by atoms with Crippen LogP contribution in [0.15, 0.2) is 65.6 Å². The van der Waals surface area contributed by atoms with Gasteiger partial charge in [0.1, 0.15) is 12.6 Å².